The van der Waals surface area contributed by atoms with Gasteiger partial charge in [0.15, 0.2) is 18.4 Å². The van der Waals surface area contributed by atoms with Crippen molar-refractivity contribution in [2.45, 2.75) is 56.0 Å². The SMILES string of the molecule is CC1(C)OC2O[C@H](C(O)OS(=O)(=O)C(F)(F)F)[C@H](N=[N+]=[N-])[C@H]2O1. The molecule has 2 rings (SSSR count). The molecule has 0 saturated carbocycles. The monoisotopic (exact) mass is 363 g/mol. The van der Waals surface area contributed by atoms with Crippen LogP contribution in [0.25, 0.3) is 10.4 Å². The van der Waals surface area contributed by atoms with Crippen molar-refractivity contribution in [3.63, 3.8) is 0 Å². The third-order valence-electron chi connectivity index (χ3n) is 3.03. The Morgan fingerprint density at radius 3 is 2.52 bits per heavy atom. The van der Waals surface area contributed by atoms with Crippen LogP contribution in [-0.4, -0.2) is 55.6 Å². The smallest absolute Gasteiger partial charge is 0.365 e. The number of aliphatic hydroxyl groups is 1. The Hall–Kier alpha value is -1.15. The number of nitrogens with zero attached hydrogens (tertiary/aromatic N) is 3. The van der Waals surface area contributed by atoms with E-state index in [-0.39, 0.29) is 0 Å². The molecule has 2 aliphatic heterocycles. The van der Waals surface area contributed by atoms with E-state index in [1.54, 1.807) is 0 Å². The zero-order chi connectivity index (χ0) is 17.6. The second kappa shape index (κ2) is 5.73. The molecule has 2 aliphatic rings. The Morgan fingerprint density at radius 2 is 2.00 bits per heavy atom. The summed E-state index contributed by atoms with van der Waals surface area (Å²) in [5.41, 5.74) is 2.79. The highest BCUT2D eigenvalue weighted by Gasteiger charge is 2.58. The fourth-order valence-corrected chi connectivity index (χ4v) is 2.66. The largest absolute Gasteiger partial charge is 0.523 e. The van der Waals surface area contributed by atoms with Crippen LogP contribution in [0.5, 0.6) is 0 Å². The second-order valence-corrected chi connectivity index (χ2v) is 6.72. The van der Waals surface area contributed by atoms with Crippen molar-refractivity contribution in [1.29, 1.82) is 0 Å². The van der Waals surface area contributed by atoms with Crippen molar-refractivity contribution in [2.75, 3.05) is 0 Å². The minimum absolute atomic E-state index is 1.04. The van der Waals surface area contributed by atoms with Crippen LogP contribution in [0.4, 0.5) is 13.2 Å². The Morgan fingerprint density at radius 1 is 1.39 bits per heavy atom. The first kappa shape index (κ1) is 18.2. The number of rotatable bonds is 4. The Bertz CT molecular complexity index is 618. The van der Waals surface area contributed by atoms with Gasteiger partial charge in [-0.1, -0.05) is 5.11 Å². The molecule has 0 spiro atoms. The van der Waals surface area contributed by atoms with Crippen LogP contribution in [0.2, 0.25) is 0 Å². The minimum Gasteiger partial charge on any atom is -0.365 e. The lowest BCUT2D eigenvalue weighted by Crippen LogP contribution is -2.43. The van der Waals surface area contributed by atoms with Crippen LogP contribution in [0.3, 0.4) is 0 Å². The zero-order valence-electron chi connectivity index (χ0n) is 11.7. The summed E-state index contributed by atoms with van der Waals surface area (Å²) in [6.45, 7) is 3.02. The lowest BCUT2D eigenvalue weighted by molar-refractivity contribution is -0.231. The van der Waals surface area contributed by atoms with Crippen molar-refractivity contribution in [3.05, 3.63) is 10.4 Å². The molecule has 10 nitrogen and oxygen atoms in total. The van der Waals surface area contributed by atoms with Crippen LogP contribution in [0.15, 0.2) is 5.11 Å². The van der Waals surface area contributed by atoms with Crippen molar-refractivity contribution in [1.82, 2.24) is 0 Å². The second-order valence-electron chi connectivity index (χ2n) is 5.15. The number of alkyl halides is 3. The van der Waals surface area contributed by atoms with E-state index in [2.05, 4.69) is 14.2 Å². The maximum absolute atomic E-state index is 12.3. The van der Waals surface area contributed by atoms with E-state index in [9.17, 15) is 26.7 Å². The summed E-state index contributed by atoms with van der Waals surface area (Å²) in [6, 6.07) is -1.36. The molecular formula is C9H12F3N3O7S. The standard InChI is InChI=1S/C9H12F3N3O7S/c1-8(2)20-5-3(14-15-13)4(19-7(5)21-8)6(16)22-23(17,18)9(10,11)12/h3-7,16H,1-2H3/t3-,4-,5+,6?,7?/m0/s1. The summed E-state index contributed by atoms with van der Waals surface area (Å²) < 4.78 is 78.0. The van der Waals surface area contributed by atoms with Gasteiger partial charge in [0, 0.05) is 4.91 Å². The van der Waals surface area contributed by atoms with Gasteiger partial charge < -0.3 is 19.3 Å². The number of hydrogen-bond donors (Lipinski definition) is 1. The summed E-state index contributed by atoms with van der Waals surface area (Å²) in [5.74, 6) is -1.12. The van der Waals surface area contributed by atoms with Crippen LogP contribution in [0.1, 0.15) is 13.8 Å². The molecule has 132 valence electrons. The van der Waals surface area contributed by atoms with Gasteiger partial charge in [0.1, 0.15) is 18.2 Å². The van der Waals surface area contributed by atoms with Crippen LogP contribution >= 0.6 is 0 Å². The topological polar surface area (TPSA) is 140 Å². The van der Waals surface area contributed by atoms with Crippen molar-refractivity contribution >= 4 is 10.1 Å². The predicted octanol–water partition coefficient (Wildman–Crippen LogP) is 0.726. The van der Waals surface area contributed by atoms with E-state index in [1.165, 1.54) is 13.8 Å². The number of ether oxygens (including phenoxy) is 3. The fourth-order valence-electron chi connectivity index (χ4n) is 2.18. The van der Waals surface area contributed by atoms with Crippen LogP contribution in [-0.2, 0) is 28.5 Å². The van der Waals surface area contributed by atoms with E-state index in [1.807, 2.05) is 0 Å². The highest BCUT2D eigenvalue weighted by Crippen LogP contribution is 2.40. The molecule has 0 aromatic heterocycles. The molecule has 14 heteroatoms. The van der Waals surface area contributed by atoms with Gasteiger partial charge in [-0.3, -0.25) is 0 Å². The van der Waals surface area contributed by atoms with E-state index < -0.39 is 52.2 Å². The Kier molecular flexibility index (Phi) is 4.54. The van der Waals surface area contributed by atoms with Crippen molar-refractivity contribution in [3.8, 4) is 0 Å². The normalized spacial score (nSPS) is 34.7. The molecule has 1 N–H and O–H groups in total. The average molecular weight is 363 g/mol. The average Bonchev–Trinajstić information content (AvgIpc) is 2.81. The van der Waals surface area contributed by atoms with Gasteiger partial charge in [-0.2, -0.15) is 21.6 Å². The number of halogens is 3. The zero-order valence-corrected chi connectivity index (χ0v) is 12.5. The molecule has 2 unspecified atom stereocenters. The first-order valence-electron chi connectivity index (χ1n) is 6.11. The molecule has 5 atom stereocenters. The lowest BCUT2D eigenvalue weighted by Gasteiger charge is -2.25. The lowest BCUT2D eigenvalue weighted by atomic mass is 10.1. The van der Waals surface area contributed by atoms with Gasteiger partial charge in [-0.15, -0.1) is 0 Å². The molecule has 0 bridgehead atoms. The van der Waals surface area contributed by atoms with Gasteiger partial charge in [-0.05, 0) is 19.4 Å². The predicted molar refractivity (Wildman–Crippen MR) is 63.7 cm³/mol. The first-order chi connectivity index (χ1) is 10.4. The summed E-state index contributed by atoms with van der Waals surface area (Å²) >= 11 is 0. The molecule has 0 radical (unpaired) electrons. The van der Waals surface area contributed by atoms with E-state index in [0.717, 1.165) is 0 Å². The van der Waals surface area contributed by atoms with Gasteiger partial charge in [0.25, 0.3) is 0 Å². The van der Waals surface area contributed by atoms with Crippen molar-refractivity contribution in [2.24, 2.45) is 5.11 Å². The molecule has 23 heavy (non-hydrogen) atoms. The van der Waals surface area contributed by atoms with Gasteiger partial charge in [0.05, 0.1) is 0 Å². The minimum atomic E-state index is -6.07. The summed E-state index contributed by atoms with van der Waals surface area (Å²) in [4.78, 5) is 2.47. The quantitative estimate of drug-likeness (QED) is 0.194. The molecule has 2 saturated heterocycles. The molecule has 0 aromatic rings. The molecule has 0 amide bonds. The van der Waals surface area contributed by atoms with Gasteiger partial charge >= 0.3 is 15.6 Å². The highest BCUT2D eigenvalue weighted by molar-refractivity contribution is 7.87. The third-order valence-corrected chi connectivity index (χ3v) is 4.04. The molecule has 0 aliphatic carbocycles. The van der Waals surface area contributed by atoms with Crippen molar-refractivity contribution < 1.29 is 45.1 Å². The number of hydrogen-bond acceptors (Lipinski definition) is 8. The molecular weight excluding hydrogens is 351 g/mol. The highest BCUT2D eigenvalue weighted by atomic mass is 32.2. The van der Waals surface area contributed by atoms with Gasteiger partial charge in [-0.25, -0.2) is 4.18 Å². The Labute approximate surface area is 127 Å². The van der Waals surface area contributed by atoms with Crippen LogP contribution < -0.4 is 0 Å². The number of azide groups is 1. The molecule has 0 aromatic carbocycles. The fraction of sp³-hybridized carbons (Fsp3) is 1.00. The third kappa shape index (κ3) is 3.52. The number of fused-ring (bicyclic) bond motifs is 1. The Balaban J connectivity index is 2.18. The summed E-state index contributed by atoms with van der Waals surface area (Å²) in [5, 5.41) is 12.9. The maximum Gasteiger partial charge on any atom is 0.523 e. The van der Waals surface area contributed by atoms with Gasteiger partial charge in [0.2, 0.25) is 0 Å². The molecule has 2 fully saturated rings. The summed E-state index contributed by atoms with van der Waals surface area (Å²) in [6.07, 6.45) is -6.51. The van der Waals surface area contributed by atoms with E-state index in [0.29, 0.717) is 0 Å². The summed E-state index contributed by atoms with van der Waals surface area (Å²) in [7, 11) is -6.07. The van der Waals surface area contributed by atoms with Crippen LogP contribution in [0, 0.1) is 0 Å². The van der Waals surface area contributed by atoms with E-state index in [4.69, 9.17) is 19.7 Å². The maximum atomic E-state index is 12.3. The van der Waals surface area contributed by atoms with E-state index >= 15 is 0 Å². The molecule has 2 heterocycles. The number of aliphatic hydroxyl groups excluding tert-OH is 1. The first-order valence-corrected chi connectivity index (χ1v) is 7.52.